The van der Waals surface area contributed by atoms with Crippen LogP contribution in [0.4, 0.5) is 14.5 Å². The minimum absolute atomic E-state index is 0.0682. The van der Waals surface area contributed by atoms with E-state index in [1.807, 2.05) is 0 Å². The summed E-state index contributed by atoms with van der Waals surface area (Å²) in [5.41, 5.74) is 4.61. The topological polar surface area (TPSA) is 48.1 Å². The second kappa shape index (κ2) is 3.74. The molecule has 1 rings (SSSR count). The summed E-state index contributed by atoms with van der Waals surface area (Å²) in [4.78, 5) is 3.39. The monoisotopic (exact) mass is 208 g/mol. The van der Waals surface area contributed by atoms with Crippen molar-refractivity contribution in [1.82, 2.24) is 4.98 Å². The van der Waals surface area contributed by atoms with Crippen molar-refractivity contribution < 1.29 is 13.5 Å². The number of nitrogens with zero attached hydrogens (tertiary/aromatic N) is 1. The normalized spacial score (nSPS) is 10.5. The number of hydrogen-bond donors (Lipinski definition) is 1. The minimum Gasteiger partial charge on any atom is -0.494 e. The lowest BCUT2D eigenvalue weighted by Gasteiger charge is -2.08. The van der Waals surface area contributed by atoms with E-state index in [1.165, 1.54) is 13.2 Å². The van der Waals surface area contributed by atoms with Gasteiger partial charge in [0.15, 0.2) is 0 Å². The number of anilines is 1. The highest BCUT2D eigenvalue weighted by Gasteiger charge is 2.17. The summed E-state index contributed by atoms with van der Waals surface area (Å²) < 4.78 is 29.3. The van der Waals surface area contributed by atoms with E-state index in [-0.39, 0.29) is 16.6 Å². The molecule has 72 valence electrons. The third-order valence-electron chi connectivity index (χ3n) is 1.45. The van der Waals surface area contributed by atoms with Gasteiger partial charge in [0, 0.05) is 6.07 Å². The van der Waals surface area contributed by atoms with Crippen LogP contribution in [0.5, 0.6) is 5.75 Å². The molecule has 0 spiro atoms. The summed E-state index contributed by atoms with van der Waals surface area (Å²) in [6.45, 7) is 0. The van der Waals surface area contributed by atoms with Gasteiger partial charge in [0.25, 0.3) is 6.43 Å². The van der Waals surface area contributed by atoms with Crippen LogP contribution in [0.2, 0.25) is 5.15 Å². The summed E-state index contributed by atoms with van der Waals surface area (Å²) in [6.07, 6.45) is -2.76. The van der Waals surface area contributed by atoms with E-state index in [9.17, 15) is 8.78 Å². The highest BCUT2D eigenvalue weighted by molar-refractivity contribution is 6.29. The van der Waals surface area contributed by atoms with Gasteiger partial charge in [0.05, 0.1) is 7.11 Å². The molecule has 13 heavy (non-hydrogen) atoms. The SMILES string of the molecule is COc1cc(Cl)nc(C(F)F)c1N. The van der Waals surface area contributed by atoms with Crippen molar-refractivity contribution in [3.63, 3.8) is 0 Å². The standard InChI is InChI=1S/C7H7ClF2N2O/c1-13-3-2-4(8)12-6(5(3)11)7(9)10/h2,7H,11H2,1H3. The molecule has 0 aliphatic carbocycles. The maximum atomic E-state index is 12.3. The Bertz CT molecular complexity index is 320. The van der Waals surface area contributed by atoms with Gasteiger partial charge in [-0.1, -0.05) is 11.6 Å². The van der Waals surface area contributed by atoms with Gasteiger partial charge in [0.1, 0.15) is 22.3 Å². The highest BCUT2D eigenvalue weighted by atomic mass is 35.5. The molecule has 0 radical (unpaired) electrons. The zero-order chi connectivity index (χ0) is 10.0. The molecule has 0 bridgehead atoms. The van der Waals surface area contributed by atoms with Crippen molar-refractivity contribution in [2.75, 3.05) is 12.8 Å². The molecule has 0 atom stereocenters. The van der Waals surface area contributed by atoms with Crippen molar-refractivity contribution in [1.29, 1.82) is 0 Å². The van der Waals surface area contributed by atoms with Crippen LogP contribution in [0.3, 0.4) is 0 Å². The van der Waals surface area contributed by atoms with E-state index >= 15 is 0 Å². The van der Waals surface area contributed by atoms with E-state index in [1.54, 1.807) is 0 Å². The lowest BCUT2D eigenvalue weighted by molar-refractivity contribution is 0.146. The number of ether oxygens (including phenoxy) is 1. The van der Waals surface area contributed by atoms with Crippen molar-refractivity contribution in [2.45, 2.75) is 6.43 Å². The highest BCUT2D eigenvalue weighted by Crippen LogP contribution is 2.32. The molecule has 0 aromatic carbocycles. The van der Waals surface area contributed by atoms with E-state index in [2.05, 4.69) is 4.98 Å². The number of nitrogens with two attached hydrogens (primary N) is 1. The van der Waals surface area contributed by atoms with Crippen molar-refractivity contribution in [3.8, 4) is 5.75 Å². The predicted octanol–water partition coefficient (Wildman–Crippen LogP) is 2.26. The van der Waals surface area contributed by atoms with Crippen LogP contribution < -0.4 is 10.5 Å². The summed E-state index contributed by atoms with van der Waals surface area (Å²) >= 11 is 5.46. The number of pyridine rings is 1. The maximum Gasteiger partial charge on any atom is 0.282 e. The number of methoxy groups -OCH3 is 1. The molecule has 0 fully saturated rings. The smallest absolute Gasteiger partial charge is 0.282 e. The Balaban J connectivity index is 3.27. The molecule has 1 aromatic rings. The number of rotatable bonds is 2. The fourth-order valence-corrected chi connectivity index (χ4v) is 1.05. The summed E-state index contributed by atoms with van der Waals surface area (Å²) in [6, 6.07) is 1.28. The van der Waals surface area contributed by atoms with Crippen molar-refractivity contribution >= 4 is 17.3 Å². The Morgan fingerprint density at radius 2 is 2.23 bits per heavy atom. The molecular weight excluding hydrogens is 202 g/mol. The van der Waals surface area contributed by atoms with Gasteiger partial charge in [-0.05, 0) is 0 Å². The third kappa shape index (κ3) is 1.98. The number of halogens is 3. The van der Waals surface area contributed by atoms with Gasteiger partial charge < -0.3 is 10.5 Å². The molecule has 1 aromatic heterocycles. The van der Waals surface area contributed by atoms with Crippen LogP contribution in [0.25, 0.3) is 0 Å². The molecule has 0 saturated carbocycles. The molecule has 3 nitrogen and oxygen atoms in total. The van der Waals surface area contributed by atoms with Gasteiger partial charge in [0.2, 0.25) is 0 Å². The fraction of sp³-hybridized carbons (Fsp3) is 0.286. The number of hydrogen-bond acceptors (Lipinski definition) is 3. The lowest BCUT2D eigenvalue weighted by Crippen LogP contribution is -2.01. The lowest BCUT2D eigenvalue weighted by atomic mass is 10.3. The molecular formula is C7H7ClF2N2O. The average Bonchev–Trinajstić information content (AvgIpc) is 2.08. The van der Waals surface area contributed by atoms with Gasteiger partial charge in [-0.3, -0.25) is 0 Å². The van der Waals surface area contributed by atoms with E-state index in [0.29, 0.717) is 0 Å². The molecule has 0 unspecified atom stereocenters. The molecule has 0 saturated heterocycles. The quantitative estimate of drug-likeness (QED) is 0.759. The number of aromatic nitrogens is 1. The first kappa shape index (κ1) is 9.98. The van der Waals surface area contributed by atoms with Crippen LogP contribution in [-0.2, 0) is 0 Å². The predicted molar refractivity (Wildman–Crippen MR) is 45.2 cm³/mol. The molecule has 6 heteroatoms. The Morgan fingerprint density at radius 3 is 2.69 bits per heavy atom. The van der Waals surface area contributed by atoms with Crippen LogP contribution >= 0.6 is 11.6 Å². The molecule has 0 aliphatic rings. The molecule has 1 heterocycles. The van der Waals surface area contributed by atoms with Crippen LogP contribution in [0, 0.1) is 0 Å². The van der Waals surface area contributed by atoms with Crippen molar-refractivity contribution in [3.05, 3.63) is 16.9 Å². The van der Waals surface area contributed by atoms with Crippen LogP contribution in [-0.4, -0.2) is 12.1 Å². The van der Waals surface area contributed by atoms with Gasteiger partial charge in [-0.15, -0.1) is 0 Å². The number of nitrogen functional groups attached to an aromatic ring is 1. The molecule has 0 aliphatic heterocycles. The fourth-order valence-electron chi connectivity index (χ4n) is 0.855. The van der Waals surface area contributed by atoms with E-state index in [0.717, 1.165) is 0 Å². The van der Waals surface area contributed by atoms with E-state index in [4.69, 9.17) is 22.1 Å². The summed E-state index contributed by atoms with van der Waals surface area (Å²) in [5.74, 6) is 0.107. The molecule has 2 N–H and O–H groups in total. The second-order valence-electron chi connectivity index (χ2n) is 2.25. The summed E-state index contributed by atoms with van der Waals surface area (Å²) in [7, 11) is 1.32. The van der Waals surface area contributed by atoms with Gasteiger partial charge >= 0.3 is 0 Å². The van der Waals surface area contributed by atoms with Crippen molar-refractivity contribution in [2.24, 2.45) is 0 Å². The first-order valence-electron chi connectivity index (χ1n) is 3.34. The minimum atomic E-state index is -2.76. The Kier molecular flexibility index (Phi) is 2.87. The van der Waals surface area contributed by atoms with Gasteiger partial charge in [-0.2, -0.15) is 0 Å². The van der Waals surface area contributed by atoms with Crippen LogP contribution in [0.15, 0.2) is 6.07 Å². The number of alkyl halides is 2. The first-order valence-corrected chi connectivity index (χ1v) is 3.72. The van der Waals surface area contributed by atoms with Gasteiger partial charge in [-0.25, -0.2) is 13.8 Å². The van der Waals surface area contributed by atoms with E-state index < -0.39 is 12.1 Å². The molecule has 0 amide bonds. The maximum absolute atomic E-state index is 12.3. The Labute approximate surface area is 78.5 Å². The Morgan fingerprint density at radius 1 is 1.62 bits per heavy atom. The average molecular weight is 209 g/mol. The zero-order valence-corrected chi connectivity index (χ0v) is 7.48. The summed E-state index contributed by atoms with van der Waals surface area (Å²) in [5, 5.41) is -0.0682. The first-order chi connectivity index (χ1) is 6.06. The third-order valence-corrected chi connectivity index (χ3v) is 1.64. The Hall–Kier alpha value is -1.10. The largest absolute Gasteiger partial charge is 0.494 e. The second-order valence-corrected chi connectivity index (χ2v) is 2.63. The zero-order valence-electron chi connectivity index (χ0n) is 6.72. The van der Waals surface area contributed by atoms with Crippen LogP contribution in [0.1, 0.15) is 12.1 Å².